The predicted octanol–water partition coefficient (Wildman–Crippen LogP) is 0.296. The van der Waals surface area contributed by atoms with Crippen LogP contribution in [0.3, 0.4) is 0 Å². The van der Waals surface area contributed by atoms with Crippen LogP contribution in [0.4, 0.5) is 4.79 Å². The van der Waals surface area contributed by atoms with E-state index in [0.717, 1.165) is 4.90 Å². The maximum absolute atomic E-state index is 11.7. The number of ketones is 1. The molecule has 0 aliphatic carbocycles. The Kier molecular flexibility index (Phi) is 2.59. The molecule has 1 atom stereocenters. The lowest BCUT2D eigenvalue weighted by molar-refractivity contribution is -0.133. The lowest BCUT2D eigenvalue weighted by Crippen LogP contribution is -2.43. The van der Waals surface area contributed by atoms with Gasteiger partial charge in [0, 0.05) is 0 Å². The van der Waals surface area contributed by atoms with Crippen molar-refractivity contribution in [1.29, 1.82) is 0 Å². The lowest BCUT2D eigenvalue weighted by Gasteiger charge is -2.18. The number of hydrogen-bond acceptors (Lipinski definition) is 3. The number of nitrogens with zero attached hydrogens (tertiary/aromatic N) is 1. The molecule has 1 rings (SSSR count). The Hall–Kier alpha value is -1.39. The molecule has 1 fully saturated rings. The molecule has 1 heterocycles. The third kappa shape index (κ3) is 1.62. The molecule has 1 aliphatic heterocycles. The van der Waals surface area contributed by atoms with Crippen LogP contribution in [0.1, 0.15) is 27.2 Å². The molecule has 1 saturated heterocycles. The fraction of sp³-hybridized carbons (Fsp3) is 0.667. The molecule has 0 aromatic carbocycles. The molecule has 5 nitrogen and oxygen atoms in total. The summed E-state index contributed by atoms with van der Waals surface area (Å²) in [5, 5.41) is 2.57. The Morgan fingerprint density at radius 2 is 2.07 bits per heavy atom. The van der Waals surface area contributed by atoms with E-state index in [1.807, 2.05) is 6.92 Å². The summed E-state index contributed by atoms with van der Waals surface area (Å²) in [5.41, 5.74) is -0.841. The van der Waals surface area contributed by atoms with E-state index in [1.54, 1.807) is 6.92 Å². The van der Waals surface area contributed by atoms with Gasteiger partial charge in [-0.1, -0.05) is 6.92 Å². The van der Waals surface area contributed by atoms with Crippen molar-refractivity contribution in [1.82, 2.24) is 10.2 Å². The van der Waals surface area contributed by atoms with Gasteiger partial charge in [-0.05, 0) is 20.3 Å². The largest absolute Gasteiger partial charge is 0.325 e. The van der Waals surface area contributed by atoms with Crippen LogP contribution >= 0.6 is 0 Å². The van der Waals surface area contributed by atoms with Crippen molar-refractivity contribution < 1.29 is 14.4 Å². The molecule has 0 aromatic rings. The highest BCUT2D eigenvalue weighted by atomic mass is 16.2. The van der Waals surface area contributed by atoms with Crippen LogP contribution < -0.4 is 5.32 Å². The van der Waals surface area contributed by atoms with Gasteiger partial charge in [0.1, 0.15) is 11.3 Å². The Morgan fingerprint density at radius 1 is 1.50 bits per heavy atom. The van der Waals surface area contributed by atoms with Crippen LogP contribution in [0, 0.1) is 0 Å². The molecular weight excluding hydrogens is 184 g/mol. The summed E-state index contributed by atoms with van der Waals surface area (Å²) in [6.07, 6.45) is 0.520. The molecular formula is C9H14N2O3. The van der Waals surface area contributed by atoms with E-state index in [2.05, 4.69) is 5.32 Å². The number of rotatable bonds is 3. The fourth-order valence-corrected chi connectivity index (χ4v) is 1.35. The normalized spacial score (nSPS) is 26.6. The first-order chi connectivity index (χ1) is 6.40. The average molecular weight is 198 g/mol. The van der Waals surface area contributed by atoms with Gasteiger partial charge in [0.15, 0.2) is 0 Å². The second-order valence-electron chi connectivity index (χ2n) is 3.71. The predicted molar refractivity (Wildman–Crippen MR) is 49.6 cm³/mol. The second kappa shape index (κ2) is 3.40. The summed E-state index contributed by atoms with van der Waals surface area (Å²) in [4.78, 5) is 34.8. The van der Waals surface area contributed by atoms with Crippen molar-refractivity contribution in [3.05, 3.63) is 0 Å². The highest BCUT2D eigenvalue weighted by Gasteiger charge is 2.46. The van der Waals surface area contributed by atoms with Crippen molar-refractivity contribution in [3.8, 4) is 0 Å². The van der Waals surface area contributed by atoms with Crippen molar-refractivity contribution >= 4 is 17.7 Å². The zero-order chi connectivity index (χ0) is 10.9. The van der Waals surface area contributed by atoms with Crippen molar-refractivity contribution in [3.63, 3.8) is 0 Å². The minimum Gasteiger partial charge on any atom is -0.323 e. The Bertz CT molecular complexity index is 300. The average Bonchev–Trinajstić information content (AvgIpc) is 2.30. The van der Waals surface area contributed by atoms with Gasteiger partial charge in [0.05, 0.1) is 6.54 Å². The molecule has 0 saturated carbocycles. The van der Waals surface area contributed by atoms with E-state index in [1.165, 1.54) is 6.92 Å². The lowest BCUT2D eigenvalue weighted by atomic mass is 9.99. The zero-order valence-electron chi connectivity index (χ0n) is 8.59. The van der Waals surface area contributed by atoms with Crippen molar-refractivity contribution in [2.45, 2.75) is 32.7 Å². The maximum atomic E-state index is 11.7. The van der Waals surface area contributed by atoms with Gasteiger partial charge in [-0.15, -0.1) is 0 Å². The van der Waals surface area contributed by atoms with E-state index in [-0.39, 0.29) is 18.2 Å². The summed E-state index contributed by atoms with van der Waals surface area (Å²) >= 11 is 0. The molecule has 1 N–H and O–H groups in total. The Balaban J connectivity index is 2.86. The first-order valence-electron chi connectivity index (χ1n) is 4.54. The van der Waals surface area contributed by atoms with Crippen LogP contribution in [0.2, 0.25) is 0 Å². The second-order valence-corrected chi connectivity index (χ2v) is 3.71. The van der Waals surface area contributed by atoms with Crippen molar-refractivity contribution in [2.75, 3.05) is 6.54 Å². The molecule has 1 aliphatic rings. The van der Waals surface area contributed by atoms with Gasteiger partial charge in [0.2, 0.25) is 0 Å². The number of nitrogens with one attached hydrogen (secondary N) is 1. The number of carbonyl (C=O) groups is 3. The molecule has 1 unspecified atom stereocenters. The molecule has 78 valence electrons. The van der Waals surface area contributed by atoms with E-state index >= 15 is 0 Å². The highest BCUT2D eigenvalue weighted by Crippen LogP contribution is 2.20. The van der Waals surface area contributed by atoms with Gasteiger partial charge in [-0.25, -0.2) is 4.79 Å². The monoisotopic (exact) mass is 198 g/mol. The summed E-state index contributed by atoms with van der Waals surface area (Å²) in [5.74, 6) is -0.519. The Morgan fingerprint density at radius 3 is 2.43 bits per heavy atom. The summed E-state index contributed by atoms with van der Waals surface area (Å²) in [6, 6.07) is -0.477. The number of urea groups is 1. The van der Waals surface area contributed by atoms with E-state index < -0.39 is 11.6 Å². The topological polar surface area (TPSA) is 66.5 Å². The SMILES string of the molecule is CCC1(C)NC(=O)N(CC(C)=O)C1=O. The minimum absolute atomic E-state index is 0.139. The summed E-state index contributed by atoms with van der Waals surface area (Å²) in [7, 11) is 0. The van der Waals surface area contributed by atoms with Crippen LogP contribution in [-0.2, 0) is 9.59 Å². The van der Waals surface area contributed by atoms with E-state index in [4.69, 9.17) is 0 Å². The molecule has 0 spiro atoms. The Labute approximate surface area is 82.4 Å². The maximum Gasteiger partial charge on any atom is 0.325 e. The van der Waals surface area contributed by atoms with E-state index in [9.17, 15) is 14.4 Å². The number of carbonyl (C=O) groups excluding carboxylic acids is 3. The van der Waals surface area contributed by atoms with Gasteiger partial charge >= 0.3 is 6.03 Å². The third-order valence-electron chi connectivity index (χ3n) is 2.43. The quantitative estimate of drug-likeness (QED) is 0.663. The van der Waals surface area contributed by atoms with Crippen LogP contribution in [0.5, 0.6) is 0 Å². The standard InChI is InChI=1S/C9H14N2O3/c1-4-9(3)7(13)11(5-6(2)12)8(14)10-9/h4-5H2,1-3H3,(H,10,14). The smallest absolute Gasteiger partial charge is 0.323 e. The first kappa shape index (κ1) is 10.7. The molecule has 0 radical (unpaired) electrons. The first-order valence-corrected chi connectivity index (χ1v) is 4.54. The van der Waals surface area contributed by atoms with Crippen LogP contribution in [-0.4, -0.2) is 34.7 Å². The van der Waals surface area contributed by atoms with Crippen molar-refractivity contribution in [2.24, 2.45) is 0 Å². The molecule has 0 bridgehead atoms. The van der Waals surface area contributed by atoms with Gasteiger partial charge < -0.3 is 5.32 Å². The minimum atomic E-state index is -0.841. The van der Waals surface area contributed by atoms with E-state index in [0.29, 0.717) is 6.42 Å². The number of hydrogen-bond donors (Lipinski definition) is 1. The molecule has 14 heavy (non-hydrogen) atoms. The number of Topliss-reactive ketones (excluding diaryl/α,β-unsaturated/α-hetero) is 1. The van der Waals surface area contributed by atoms with Crippen LogP contribution in [0.25, 0.3) is 0 Å². The molecule has 5 heteroatoms. The van der Waals surface area contributed by atoms with Gasteiger partial charge in [0.25, 0.3) is 5.91 Å². The molecule has 3 amide bonds. The fourth-order valence-electron chi connectivity index (χ4n) is 1.35. The number of imide groups is 1. The third-order valence-corrected chi connectivity index (χ3v) is 2.43. The zero-order valence-corrected chi connectivity index (χ0v) is 8.59. The molecule has 0 aromatic heterocycles. The highest BCUT2D eigenvalue weighted by molar-refractivity contribution is 6.08. The van der Waals surface area contributed by atoms with Gasteiger partial charge in [-0.2, -0.15) is 0 Å². The van der Waals surface area contributed by atoms with Gasteiger partial charge in [-0.3, -0.25) is 14.5 Å². The summed E-state index contributed by atoms with van der Waals surface area (Å²) in [6.45, 7) is 4.69. The van der Waals surface area contributed by atoms with Crippen LogP contribution in [0.15, 0.2) is 0 Å². The number of amides is 3. The summed E-state index contributed by atoms with van der Waals surface area (Å²) < 4.78 is 0.